The second kappa shape index (κ2) is 5.62. The smallest absolute Gasteiger partial charge is 0.328 e. The van der Waals surface area contributed by atoms with Crippen LogP contribution in [0.25, 0.3) is 17.4 Å². The number of hydrogen-bond donors (Lipinski definition) is 1. The summed E-state index contributed by atoms with van der Waals surface area (Å²) in [5.74, 6) is -0.445. The molecule has 0 amide bonds. The van der Waals surface area contributed by atoms with Crippen LogP contribution < -0.4 is 0 Å². The third kappa shape index (κ3) is 3.17. The SMILES string of the molecule is Cc1cc(-c2ccc(C=CC(=O)O)o2)c([N+](=O)[O-])cc1C. The number of benzene rings is 1. The van der Waals surface area contributed by atoms with Crippen LogP contribution in [0.3, 0.4) is 0 Å². The van der Waals surface area contributed by atoms with Crippen molar-refractivity contribution in [1.29, 1.82) is 0 Å². The maximum atomic E-state index is 11.2. The Bertz CT molecular complexity index is 743. The van der Waals surface area contributed by atoms with E-state index in [1.54, 1.807) is 25.1 Å². The monoisotopic (exact) mass is 287 g/mol. The van der Waals surface area contributed by atoms with Gasteiger partial charge in [-0.2, -0.15) is 0 Å². The zero-order valence-corrected chi connectivity index (χ0v) is 11.5. The van der Waals surface area contributed by atoms with Crippen LogP contribution in [0.1, 0.15) is 16.9 Å². The fourth-order valence-electron chi connectivity index (χ4n) is 1.89. The average Bonchev–Trinajstić information content (AvgIpc) is 2.87. The summed E-state index contributed by atoms with van der Waals surface area (Å²) in [5, 5.41) is 19.7. The van der Waals surface area contributed by atoms with Gasteiger partial charge in [0.05, 0.1) is 10.5 Å². The van der Waals surface area contributed by atoms with Gasteiger partial charge in [0.2, 0.25) is 0 Å². The molecule has 0 unspecified atom stereocenters. The Morgan fingerprint density at radius 2 is 1.95 bits per heavy atom. The van der Waals surface area contributed by atoms with E-state index >= 15 is 0 Å². The van der Waals surface area contributed by atoms with Crippen molar-refractivity contribution in [3.63, 3.8) is 0 Å². The van der Waals surface area contributed by atoms with Crippen LogP contribution in [0.2, 0.25) is 0 Å². The molecule has 0 aliphatic rings. The van der Waals surface area contributed by atoms with E-state index in [0.717, 1.165) is 17.2 Å². The zero-order chi connectivity index (χ0) is 15.6. The zero-order valence-electron chi connectivity index (χ0n) is 11.5. The number of carbonyl (C=O) groups is 1. The topological polar surface area (TPSA) is 93.6 Å². The maximum absolute atomic E-state index is 11.2. The largest absolute Gasteiger partial charge is 0.478 e. The molecule has 1 N–H and O–H groups in total. The third-order valence-corrected chi connectivity index (χ3v) is 3.09. The van der Waals surface area contributed by atoms with Crippen LogP contribution >= 0.6 is 0 Å². The molecule has 6 nitrogen and oxygen atoms in total. The summed E-state index contributed by atoms with van der Waals surface area (Å²) in [5.41, 5.74) is 2.07. The summed E-state index contributed by atoms with van der Waals surface area (Å²) < 4.78 is 5.45. The van der Waals surface area contributed by atoms with Crippen molar-refractivity contribution < 1.29 is 19.2 Å². The van der Waals surface area contributed by atoms with Crippen LogP contribution in [0.5, 0.6) is 0 Å². The Kier molecular flexibility index (Phi) is 3.89. The normalized spacial score (nSPS) is 11.0. The van der Waals surface area contributed by atoms with E-state index in [0.29, 0.717) is 17.1 Å². The highest BCUT2D eigenvalue weighted by Crippen LogP contribution is 2.33. The molecular formula is C15H13NO5. The van der Waals surface area contributed by atoms with E-state index in [9.17, 15) is 14.9 Å². The number of hydrogen-bond acceptors (Lipinski definition) is 4. The first-order chi connectivity index (χ1) is 9.88. The van der Waals surface area contributed by atoms with Gasteiger partial charge in [0, 0.05) is 12.1 Å². The van der Waals surface area contributed by atoms with Gasteiger partial charge in [0.25, 0.3) is 5.69 Å². The molecule has 0 aliphatic heterocycles. The number of aliphatic carboxylic acids is 1. The molecule has 1 aromatic heterocycles. The van der Waals surface area contributed by atoms with Gasteiger partial charge in [-0.1, -0.05) is 0 Å². The van der Waals surface area contributed by atoms with Crippen LogP contribution in [0.4, 0.5) is 5.69 Å². The molecule has 0 saturated carbocycles. The number of aryl methyl sites for hydroxylation is 2. The fraction of sp³-hybridized carbons (Fsp3) is 0.133. The lowest BCUT2D eigenvalue weighted by Crippen LogP contribution is -1.94. The van der Waals surface area contributed by atoms with Crippen molar-refractivity contribution in [2.45, 2.75) is 13.8 Å². The molecule has 0 bridgehead atoms. The van der Waals surface area contributed by atoms with E-state index in [-0.39, 0.29) is 5.69 Å². The lowest BCUT2D eigenvalue weighted by Gasteiger charge is -2.04. The second-order valence-electron chi connectivity index (χ2n) is 4.58. The van der Waals surface area contributed by atoms with Gasteiger partial charge in [0.15, 0.2) is 0 Å². The van der Waals surface area contributed by atoms with Crippen LogP contribution in [0.15, 0.2) is 34.8 Å². The first kappa shape index (κ1) is 14.5. The Morgan fingerprint density at radius 3 is 2.57 bits per heavy atom. The molecule has 2 rings (SSSR count). The maximum Gasteiger partial charge on any atom is 0.328 e. The number of carboxylic acids is 1. The number of carboxylic acid groups (broad SMARTS) is 1. The molecule has 0 saturated heterocycles. The Hall–Kier alpha value is -2.89. The van der Waals surface area contributed by atoms with Crippen molar-refractivity contribution in [1.82, 2.24) is 0 Å². The Morgan fingerprint density at radius 1 is 1.29 bits per heavy atom. The summed E-state index contributed by atoms with van der Waals surface area (Å²) in [6.45, 7) is 3.66. The van der Waals surface area contributed by atoms with Gasteiger partial charge < -0.3 is 9.52 Å². The fourth-order valence-corrected chi connectivity index (χ4v) is 1.89. The van der Waals surface area contributed by atoms with Crippen molar-refractivity contribution in [3.8, 4) is 11.3 Å². The van der Waals surface area contributed by atoms with E-state index in [4.69, 9.17) is 9.52 Å². The Labute approximate surface area is 120 Å². The molecule has 21 heavy (non-hydrogen) atoms. The van der Waals surface area contributed by atoms with Crippen molar-refractivity contribution in [2.75, 3.05) is 0 Å². The minimum atomic E-state index is -1.09. The molecule has 0 aliphatic carbocycles. The first-order valence-electron chi connectivity index (χ1n) is 6.15. The highest BCUT2D eigenvalue weighted by atomic mass is 16.6. The van der Waals surface area contributed by atoms with Crippen LogP contribution in [0, 0.1) is 24.0 Å². The summed E-state index contributed by atoms with van der Waals surface area (Å²) in [4.78, 5) is 21.1. The van der Waals surface area contributed by atoms with Crippen molar-refractivity contribution in [3.05, 3.63) is 57.3 Å². The standard InChI is InChI=1S/C15H13NO5/c1-9-7-12(13(16(19)20)8-10(9)2)14-5-3-11(21-14)4-6-15(17)18/h3-8H,1-2H3,(H,17,18). The summed E-state index contributed by atoms with van der Waals surface area (Å²) >= 11 is 0. The number of furan rings is 1. The highest BCUT2D eigenvalue weighted by molar-refractivity contribution is 5.85. The molecule has 0 fully saturated rings. The van der Waals surface area contributed by atoms with E-state index in [2.05, 4.69) is 0 Å². The third-order valence-electron chi connectivity index (χ3n) is 3.09. The number of nitro benzene ring substituents is 1. The van der Waals surface area contributed by atoms with E-state index in [1.165, 1.54) is 12.1 Å². The molecule has 0 radical (unpaired) electrons. The lowest BCUT2D eigenvalue weighted by molar-refractivity contribution is -0.384. The summed E-state index contributed by atoms with van der Waals surface area (Å²) in [7, 11) is 0. The summed E-state index contributed by atoms with van der Waals surface area (Å²) in [6, 6.07) is 6.34. The molecule has 1 aromatic carbocycles. The highest BCUT2D eigenvalue weighted by Gasteiger charge is 2.19. The molecule has 0 atom stereocenters. The minimum absolute atomic E-state index is 0.0405. The Balaban J connectivity index is 2.49. The van der Waals surface area contributed by atoms with Gasteiger partial charge in [-0.15, -0.1) is 0 Å². The molecular weight excluding hydrogens is 274 g/mol. The lowest BCUT2D eigenvalue weighted by atomic mass is 10.0. The molecule has 1 heterocycles. The first-order valence-corrected chi connectivity index (χ1v) is 6.15. The molecule has 2 aromatic rings. The number of nitrogens with zero attached hydrogens (tertiary/aromatic N) is 1. The van der Waals surface area contributed by atoms with Crippen LogP contribution in [-0.2, 0) is 4.79 Å². The quantitative estimate of drug-likeness (QED) is 0.527. The van der Waals surface area contributed by atoms with E-state index < -0.39 is 10.9 Å². The van der Waals surface area contributed by atoms with Gasteiger partial charge in [-0.3, -0.25) is 10.1 Å². The second-order valence-corrected chi connectivity index (χ2v) is 4.58. The molecule has 0 spiro atoms. The van der Waals surface area contributed by atoms with Crippen molar-refractivity contribution in [2.24, 2.45) is 0 Å². The molecule has 6 heteroatoms. The predicted octanol–water partition coefficient (Wildman–Crippen LogP) is 3.57. The van der Waals surface area contributed by atoms with Crippen LogP contribution in [-0.4, -0.2) is 16.0 Å². The van der Waals surface area contributed by atoms with E-state index in [1.807, 2.05) is 6.92 Å². The van der Waals surface area contributed by atoms with Gasteiger partial charge in [-0.25, -0.2) is 4.79 Å². The number of nitro groups is 1. The minimum Gasteiger partial charge on any atom is -0.478 e. The van der Waals surface area contributed by atoms with Gasteiger partial charge in [-0.05, 0) is 49.2 Å². The predicted molar refractivity (Wildman–Crippen MR) is 76.9 cm³/mol. The van der Waals surface area contributed by atoms with Gasteiger partial charge in [0.1, 0.15) is 11.5 Å². The summed E-state index contributed by atoms with van der Waals surface area (Å²) in [6.07, 6.45) is 2.23. The van der Waals surface area contributed by atoms with Crippen molar-refractivity contribution >= 4 is 17.7 Å². The number of rotatable bonds is 4. The van der Waals surface area contributed by atoms with Gasteiger partial charge >= 0.3 is 5.97 Å². The average molecular weight is 287 g/mol. The molecule has 108 valence electrons.